The molecule has 0 unspecified atom stereocenters. The van der Waals surface area contributed by atoms with Crippen LogP contribution in [0, 0.1) is 5.82 Å². The lowest BCUT2D eigenvalue weighted by Crippen LogP contribution is -2.42. The van der Waals surface area contributed by atoms with E-state index in [9.17, 15) is 27.2 Å². The summed E-state index contributed by atoms with van der Waals surface area (Å²) in [5.41, 5.74) is 4.67. The monoisotopic (exact) mass is 443 g/mol. The Morgan fingerprint density at radius 1 is 1.14 bits per heavy atom. The Hall–Kier alpha value is -3.18. The summed E-state index contributed by atoms with van der Waals surface area (Å²) in [7, 11) is -4.23. The molecule has 29 heavy (non-hydrogen) atoms. The molecular weight excluding hydrogens is 429 g/mol. The van der Waals surface area contributed by atoms with Gasteiger partial charge in [0.25, 0.3) is 15.9 Å². The van der Waals surface area contributed by atoms with Crippen LogP contribution in [-0.4, -0.2) is 32.4 Å². The maximum Gasteiger partial charge on any atom is 0.338 e. The number of anilines is 1. The zero-order valence-corrected chi connectivity index (χ0v) is 16.4. The number of halogens is 2. The molecule has 0 aliphatic carbocycles. The summed E-state index contributed by atoms with van der Waals surface area (Å²) in [5, 5.41) is 1.56. The standard InChI is InChI=1S/C17H15ClFN3O6S/c1-9(15(23)21-17(20)25)28-16(24)10-2-7-13(18)14(8-10)29(26,27)22-12-5-3-11(19)4-6-12/h2-9,22H,1H3,(H3,20,21,23,25)/t9-/m1/s1. The lowest BCUT2D eigenvalue weighted by molar-refractivity contribution is -0.127. The summed E-state index contributed by atoms with van der Waals surface area (Å²) in [6.45, 7) is 1.19. The van der Waals surface area contributed by atoms with E-state index in [4.69, 9.17) is 22.1 Å². The number of carbonyl (C=O) groups is 3. The third-order valence-electron chi connectivity index (χ3n) is 3.45. The van der Waals surface area contributed by atoms with Crippen molar-refractivity contribution in [3.05, 3.63) is 58.9 Å². The van der Waals surface area contributed by atoms with Gasteiger partial charge in [-0.2, -0.15) is 0 Å². The molecule has 12 heteroatoms. The number of esters is 1. The molecule has 0 heterocycles. The molecule has 4 N–H and O–H groups in total. The molecule has 0 fully saturated rings. The molecule has 154 valence electrons. The minimum atomic E-state index is -4.23. The Balaban J connectivity index is 2.24. The molecule has 0 aliphatic heterocycles. The van der Waals surface area contributed by atoms with Gasteiger partial charge < -0.3 is 10.5 Å². The maximum absolute atomic E-state index is 13.0. The number of hydrogen-bond donors (Lipinski definition) is 3. The average Bonchev–Trinajstić information content (AvgIpc) is 2.63. The minimum Gasteiger partial charge on any atom is -0.449 e. The molecule has 0 spiro atoms. The number of benzene rings is 2. The van der Waals surface area contributed by atoms with Gasteiger partial charge in [-0.25, -0.2) is 22.4 Å². The second-order valence-corrected chi connectivity index (χ2v) is 7.72. The van der Waals surface area contributed by atoms with Crippen molar-refractivity contribution in [2.24, 2.45) is 5.73 Å². The Labute approximate surface area is 170 Å². The number of sulfonamides is 1. The number of ether oxygens (including phenoxy) is 1. The van der Waals surface area contributed by atoms with E-state index >= 15 is 0 Å². The van der Waals surface area contributed by atoms with Crippen molar-refractivity contribution in [2.75, 3.05) is 4.72 Å². The first-order valence-electron chi connectivity index (χ1n) is 7.89. The van der Waals surface area contributed by atoms with E-state index in [-0.39, 0.29) is 16.3 Å². The van der Waals surface area contributed by atoms with E-state index in [1.54, 1.807) is 5.32 Å². The van der Waals surface area contributed by atoms with Gasteiger partial charge in [0.1, 0.15) is 10.7 Å². The van der Waals surface area contributed by atoms with Gasteiger partial charge in [-0.05, 0) is 49.4 Å². The quantitative estimate of drug-likeness (QED) is 0.582. The largest absolute Gasteiger partial charge is 0.449 e. The van der Waals surface area contributed by atoms with Crippen LogP contribution in [0.5, 0.6) is 0 Å². The number of carbonyl (C=O) groups excluding carboxylic acids is 3. The van der Waals surface area contributed by atoms with Gasteiger partial charge >= 0.3 is 12.0 Å². The summed E-state index contributed by atoms with van der Waals surface area (Å²) >= 11 is 5.94. The Morgan fingerprint density at radius 3 is 2.34 bits per heavy atom. The van der Waals surface area contributed by atoms with Crippen LogP contribution in [-0.2, 0) is 19.6 Å². The predicted molar refractivity (Wildman–Crippen MR) is 101 cm³/mol. The van der Waals surface area contributed by atoms with Crippen molar-refractivity contribution in [1.82, 2.24) is 5.32 Å². The van der Waals surface area contributed by atoms with E-state index in [1.165, 1.54) is 25.1 Å². The minimum absolute atomic E-state index is 0.0761. The highest BCUT2D eigenvalue weighted by atomic mass is 35.5. The Bertz CT molecular complexity index is 1060. The van der Waals surface area contributed by atoms with Gasteiger partial charge in [0.15, 0.2) is 6.10 Å². The van der Waals surface area contributed by atoms with Gasteiger partial charge in [-0.1, -0.05) is 11.6 Å². The van der Waals surface area contributed by atoms with Crippen LogP contribution in [0.25, 0.3) is 0 Å². The van der Waals surface area contributed by atoms with Crippen LogP contribution in [0.2, 0.25) is 5.02 Å². The molecule has 2 aromatic rings. The van der Waals surface area contributed by atoms with Gasteiger partial charge in [0, 0.05) is 5.69 Å². The van der Waals surface area contributed by atoms with Crippen molar-refractivity contribution in [2.45, 2.75) is 17.9 Å². The van der Waals surface area contributed by atoms with Gasteiger partial charge in [0.2, 0.25) is 0 Å². The van der Waals surface area contributed by atoms with Crippen molar-refractivity contribution in [3.8, 4) is 0 Å². The number of urea groups is 1. The molecule has 2 aromatic carbocycles. The SMILES string of the molecule is C[C@@H](OC(=O)c1ccc(Cl)c(S(=O)(=O)Nc2ccc(F)cc2)c1)C(=O)NC(N)=O. The highest BCUT2D eigenvalue weighted by molar-refractivity contribution is 7.92. The van der Waals surface area contributed by atoms with Crippen molar-refractivity contribution < 1.29 is 31.9 Å². The molecule has 0 aliphatic rings. The average molecular weight is 444 g/mol. The molecule has 2 rings (SSSR count). The number of nitrogens with one attached hydrogen (secondary N) is 2. The van der Waals surface area contributed by atoms with Gasteiger partial charge in [-0.15, -0.1) is 0 Å². The lowest BCUT2D eigenvalue weighted by atomic mass is 10.2. The molecule has 0 saturated heterocycles. The number of amides is 3. The zero-order chi connectivity index (χ0) is 21.8. The summed E-state index contributed by atoms with van der Waals surface area (Å²) in [6, 6.07) is 6.72. The summed E-state index contributed by atoms with van der Waals surface area (Å²) in [6.07, 6.45) is -1.37. The number of imide groups is 1. The maximum atomic E-state index is 13.0. The van der Waals surface area contributed by atoms with Crippen molar-refractivity contribution in [3.63, 3.8) is 0 Å². The number of rotatable bonds is 6. The van der Waals surface area contributed by atoms with E-state index in [2.05, 4.69) is 4.72 Å². The third-order valence-corrected chi connectivity index (χ3v) is 5.32. The first-order chi connectivity index (χ1) is 13.5. The topological polar surface area (TPSA) is 145 Å². The molecule has 0 aromatic heterocycles. The number of primary amides is 1. The van der Waals surface area contributed by atoms with E-state index in [0.29, 0.717) is 0 Å². The van der Waals surface area contributed by atoms with Crippen LogP contribution in [0.4, 0.5) is 14.9 Å². The fourth-order valence-electron chi connectivity index (χ4n) is 2.07. The molecule has 9 nitrogen and oxygen atoms in total. The summed E-state index contributed by atoms with van der Waals surface area (Å²) in [5.74, 6) is -2.54. The third kappa shape index (κ3) is 5.90. The zero-order valence-electron chi connectivity index (χ0n) is 14.8. The smallest absolute Gasteiger partial charge is 0.338 e. The fraction of sp³-hybridized carbons (Fsp3) is 0.118. The van der Waals surface area contributed by atoms with E-state index in [0.717, 1.165) is 24.3 Å². The highest BCUT2D eigenvalue weighted by Gasteiger charge is 2.24. The first kappa shape index (κ1) is 22.1. The van der Waals surface area contributed by atoms with Crippen LogP contribution < -0.4 is 15.8 Å². The molecule has 3 amide bonds. The molecule has 0 saturated carbocycles. The van der Waals surface area contributed by atoms with Gasteiger partial charge in [0.05, 0.1) is 10.6 Å². The van der Waals surface area contributed by atoms with E-state index in [1.807, 2.05) is 0 Å². The lowest BCUT2D eigenvalue weighted by Gasteiger charge is -2.13. The first-order valence-corrected chi connectivity index (χ1v) is 9.75. The summed E-state index contributed by atoms with van der Waals surface area (Å²) < 4.78 is 45.2. The Morgan fingerprint density at radius 2 is 1.76 bits per heavy atom. The highest BCUT2D eigenvalue weighted by Crippen LogP contribution is 2.25. The van der Waals surface area contributed by atoms with Crippen LogP contribution >= 0.6 is 11.6 Å². The van der Waals surface area contributed by atoms with Gasteiger partial charge in [-0.3, -0.25) is 14.8 Å². The summed E-state index contributed by atoms with van der Waals surface area (Å²) in [4.78, 5) is 34.0. The van der Waals surface area contributed by atoms with Crippen molar-refractivity contribution >= 4 is 45.2 Å². The van der Waals surface area contributed by atoms with Crippen LogP contribution in [0.15, 0.2) is 47.4 Å². The number of hydrogen-bond acceptors (Lipinski definition) is 6. The fourth-order valence-corrected chi connectivity index (χ4v) is 3.65. The van der Waals surface area contributed by atoms with Crippen molar-refractivity contribution in [1.29, 1.82) is 0 Å². The normalized spacial score (nSPS) is 12.0. The number of nitrogens with two attached hydrogens (primary N) is 1. The Kier molecular flexibility index (Phi) is 6.77. The predicted octanol–water partition coefficient (Wildman–Crippen LogP) is 2.02. The molecule has 1 atom stereocenters. The van der Waals surface area contributed by atoms with Crippen LogP contribution in [0.1, 0.15) is 17.3 Å². The second kappa shape index (κ2) is 8.88. The molecule has 0 radical (unpaired) electrons. The second-order valence-electron chi connectivity index (χ2n) is 5.66. The van der Waals surface area contributed by atoms with Crippen LogP contribution in [0.3, 0.4) is 0 Å². The van der Waals surface area contributed by atoms with E-state index < -0.39 is 44.7 Å². The molecular formula is C17H15ClFN3O6S. The molecule has 0 bridgehead atoms.